The first-order chi connectivity index (χ1) is 8.19. The first kappa shape index (κ1) is 12.6. The molecule has 0 aliphatic heterocycles. The molecule has 1 saturated carbocycles. The zero-order chi connectivity index (χ0) is 12.3. The molecule has 1 aliphatic carbocycles. The number of benzene rings is 1. The van der Waals surface area contributed by atoms with Gasteiger partial charge in [0.2, 0.25) is 0 Å². The van der Waals surface area contributed by atoms with Crippen molar-refractivity contribution in [2.45, 2.75) is 25.5 Å². The van der Waals surface area contributed by atoms with E-state index in [-0.39, 0.29) is 0 Å². The number of rotatable bonds is 6. The molecule has 0 bridgehead atoms. The molecule has 3 nitrogen and oxygen atoms in total. The Bertz CT molecular complexity index is 346. The van der Waals surface area contributed by atoms with Gasteiger partial charge in [0.15, 0.2) is 0 Å². The summed E-state index contributed by atoms with van der Waals surface area (Å²) in [6.45, 7) is 2.37. The van der Waals surface area contributed by atoms with Gasteiger partial charge in [0, 0.05) is 19.6 Å². The molecule has 0 spiro atoms. The molecule has 0 amide bonds. The monoisotopic (exact) mass is 234 g/mol. The van der Waals surface area contributed by atoms with Crippen LogP contribution in [0.5, 0.6) is 0 Å². The SMILES string of the molecule is CN(CC1CC1)CC(O)c1ccc(CN)cc1. The average Bonchev–Trinajstić information content (AvgIpc) is 3.12. The molecule has 3 N–H and O–H groups in total. The third kappa shape index (κ3) is 3.80. The Morgan fingerprint density at radius 1 is 1.35 bits per heavy atom. The number of aliphatic hydroxyl groups is 1. The molecule has 17 heavy (non-hydrogen) atoms. The fraction of sp³-hybridized carbons (Fsp3) is 0.571. The first-order valence-corrected chi connectivity index (χ1v) is 6.34. The lowest BCUT2D eigenvalue weighted by molar-refractivity contribution is 0.124. The van der Waals surface area contributed by atoms with Crippen molar-refractivity contribution in [3.63, 3.8) is 0 Å². The van der Waals surface area contributed by atoms with Crippen LogP contribution in [0.15, 0.2) is 24.3 Å². The zero-order valence-corrected chi connectivity index (χ0v) is 10.5. The van der Waals surface area contributed by atoms with E-state index in [1.54, 1.807) is 0 Å². The highest BCUT2D eigenvalue weighted by molar-refractivity contribution is 5.24. The number of nitrogens with zero attached hydrogens (tertiary/aromatic N) is 1. The average molecular weight is 234 g/mol. The molecule has 1 aliphatic rings. The van der Waals surface area contributed by atoms with Crippen molar-refractivity contribution < 1.29 is 5.11 Å². The van der Waals surface area contributed by atoms with Crippen LogP contribution in [0, 0.1) is 5.92 Å². The summed E-state index contributed by atoms with van der Waals surface area (Å²) < 4.78 is 0. The van der Waals surface area contributed by atoms with Crippen molar-refractivity contribution in [3.8, 4) is 0 Å². The molecule has 0 saturated heterocycles. The maximum Gasteiger partial charge on any atom is 0.0916 e. The molecule has 1 unspecified atom stereocenters. The Hall–Kier alpha value is -0.900. The fourth-order valence-electron chi connectivity index (χ4n) is 2.09. The van der Waals surface area contributed by atoms with Crippen molar-refractivity contribution in [2.75, 3.05) is 20.1 Å². The Morgan fingerprint density at radius 3 is 2.53 bits per heavy atom. The predicted octanol–water partition coefficient (Wildman–Crippen LogP) is 1.52. The van der Waals surface area contributed by atoms with Crippen molar-refractivity contribution in [1.82, 2.24) is 4.90 Å². The minimum absolute atomic E-state index is 0.398. The van der Waals surface area contributed by atoms with E-state index >= 15 is 0 Å². The lowest BCUT2D eigenvalue weighted by atomic mass is 10.1. The van der Waals surface area contributed by atoms with Gasteiger partial charge in [0.05, 0.1) is 6.10 Å². The molecule has 1 aromatic carbocycles. The van der Waals surface area contributed by atoms with Gasteiger partial charge < -0.3 is 15.7 Å². The van der Waals surface area contributed by atoms with E-state index in [0.717, 1.165) is 23.6 Å². The van der Waals surface area contributed by atoms with Crippen molar-refractivity contribution in [3.05, 3.63) is 35.4 Å². The van der Waals surface area contributed by atoms with Gasteiger partial charge in [-0.15, -0.1) is 0 Å². The van der Waals surface area contributed by atoms with Crippen LogP contribution in [0.4, 0.5) is 0 Å². The quantitative estimate of drug-likeness (QED) is 0.784. The molecule has 0 aromatic heterocycles. The minimum Gasteiger partial charge on any atom is -0.387 e. The maximum atomic E-state index is 10.1. The third-order valence-electron chi connectivity index (χ3n) is 3.35. The second kappa shape index (κ2) is 5.63. The smallest absolute Gasteiger partial charge is 0.0916 e. The van der Waals surface area contributed by atoms with Crippen LogP contribution in [-0.4, -0.2) is 30.1 Å². The lowest BCUT2D eigenvalue weighted by Crippen LogP contribution is -2.26. The summed E-state index contributed by atoms with van der Waals surface area (Å²) in [4.78, 5) is 2.22. The molecule has 1 atom stereocenters. The van der Waals surface area contributed by atoms with Crippen LogP contribution in [-0.2, 0) is 6.54 Å². The summed E-state index contributed by atoms with van der Waals surface area (Å²) >= 11 is 0. The fourth-order valence-corrected chi connectivity index (χ4v) is 2.09. The van der Waals surface area contributed by atoms with Crippen molar-refractivity contribution >= 4 is 0 Å². The normalized spacial score (nSPS) is 17.4. The highest BCUT2D eigenvalue weighted by atomic mass is 16.3. The Morgan fingerprint density at radius 2 is 2.00 bits per heavy atom. The largest absolute Gasteiger partial charge is 0.387 e. The van der Waals surface area contributed by atoms with Gasteiger partial charge in [-0.05, 0) is 36.9 Å². The Kier molecular flexibility index (Phi) is 4.15. The van der Waals surface area contributed by atoms with E-state index in [1.807, 2.05) is 24.3 Å². The number of hydrogen-bond acceptors (Lipinski definition) is 3. The third-order valence-corrected chi connectivity index (χ3v) is 3.35. The van der Waals surface area contributed by atoms with Crippen LogP contribution in [0.2, 0.25) is 0 Å². The summed E-state index contributed by atoms with van der Waals surface area (Å²) in [5, 5.41) is 10.1. The van der Waals surface area contributed by atoms with Crippen LogP contribution in [0.3, 0.4) is 0 Å². The summed E-state index contributed by atoms with van der Waals surface area (Å²) in [6, 6.07) is 7.91. The highest BCUT2D eigenvalue weighted by Gasteiger charge is 2.23. The molecule has 94 valence electrons. The van der Waals surface area contributed by atoms with Crippen molar-refractivity contribution in [1.29, 1.82) is 0 Å². The lowest BCUT2D eigenvalue weighted by Gasteiger charge is -2.20. The Labute approximate surface area is 103 Å². The topological polar surface area (TPSA) is 49.5 Å². The Balaban J connectivity index is 1.86. The highest BCUT2D eigenvalue weighted by Crippen LogP contribution is 2.29. The van der Waals surface area contributed by atoms with Gasteiger partial charge in [0.1, 0.15) is 0 Å². The molecule has 0 radical (unpaired) electrons. The zero-order valence-electron chi connectivity index (χ0n) is 10.5. The second-order valence-electron chi connectivity index (χ2n) is 5.13. The maximum absolute atomic E-state index is 10.1. The number of hydrogen-bond donors (Lipinski definition) is 2. The van der Waals surface area contributed by atoms with Crippen LogP contribution in [0.1, 0.15) is 30.1 Å². The summed E-state index contributed by atoms with van der Waals surface area (Å²) in [5.41, 5.74) is 7.63. The molecular weight excluding hydrogens is 212 g/mol. The standard InChI is InChI=1S/C14H22N2O/c1-16(9-12-2-3-12)10-14(17)13-6-4-11(8-15)5-7-13/h4-7,12,14,17H,2-3,8-10,15H2,1H3. The summed E-state index contributed by atoms with van der Waals surface area (Å²) in [6.07, 6.45) is 2.31. The van der Waals surface area contributed by atoms with Gasteiger partial charge in [-0.2, -0.15) is 0 Å². The van der Waals surface area contributed by atoms with Crippen molar-refractivity contribution in [2.24, 2.45) is 11.7 Å². The molecule has 2 rings (SSSR count). The van der Waals surface area contributed by atoms with Gasteiger partial charge >= 0.3 is 0 Å². The number of aliphatic hydroxyl groups excluding tert-OH is 1. The van der Waals surface area contributed by atoms with E-state index in [2.05, 4.69) is 11.9 Å². The summed E-state index contributed by atoms with van der Waals surface area (Å²) in [7, 11) is 2.08. The van der Waals surface area contributed by atoms with E-state index in [9.17, 15) is 5.11 Å². The number of likely N-dealkylation sites (N-methyl/N-ethyl adjacent to an activating group) is 1. The second-order valence-corrected chi connectivity index (χ2v) is 5.13. The van der Waals surface area contributed by atoms with E-state index in [4.69, 9.17) is 5.73 Å². The van der Waals surface area contributed by atoms with E-state index < -0.39 is 6.10 Å². The van der Waals surface area contributed by atoms with Gasteiger partial charge in [0.25, 0.3) is 0 Å². The molecule has 1 aromatic rings. The van der Waals surface area contributed by atoms with Crippen LogP contribution >= 0.6 is 0 Å². The van der Waals surface area contributed by atoms with E-state index in [0.29, 0.717) is 13.1 Å². The minimum atomic E-state index is -0.398. The predicted molar refractivity (Wildman–Crippen MR) is 69.5 cm³/mol. The van der Waals surface area contributed by atoms with Gasteiger partial charge in [-0.1, -0.05) is 24.3 Å². The molecular formula is C14H22N2O. The van der Waals surface area contributed by atoms with Gasteiger partial charge in [-0.25, -0.2) is 0 Å². The van der Waals surface area contributed by atoms with Crippen LogP contribution < -0.4 is 5.73 Å². The van der Waals surface area contributed by atoms with Gasteiger partial charge in [-0.3, -0.25) is 0 Å². The summed E-state index contributed by atoms with van der Waals surface area (Å²) in [5.74, 6) is 0.867. The number of nitrogens with two attached hydrogens (primary N) is 1. The molecule has 0 heterocycles. The first-order valence-electron chi connectivity index (χ1n) is 6.34. The van der Waals surface area contributed by atoms with E-state index in [1.165, 1.54) is 12.8 Å². The molecule has 1 fully saturated rings. The van der Waals surface area contributed by atoms with Crippen LogP contribution in [0.25, 0.3) is 0 Å². The molecule has 3 heteroatoms.